The first-order chi connectivity index (χ1) is 30.0. The number of allylic oxidation sites excluding steroid dienone is 11. The predicted octanol–water partition coefficient (Wildman–Crippen LogP) is 14.1. The normalized spacial score (nSPS) is 14.8. The molecule has 0 bridgehead atoms. The summed E-state index contributed by atoms with van der Waals surface area (Å²) in [5.74, 6) is -0.221. The zero-order chi connectivity index (χ0) is 45.7. The lowest BCUT2D eigenvalue weighted by Crippen LogP contribution is -2.45. The molecule has 0 saturated carbocycles. The lowest BCUT2D eigenvalue weighted by Gasteiger charge is -2.29. The number of nitrogens with one attached hydrogen (secondary N) is 1. The van der Waals surface area contributed by atoms with Crippen LogP contribution >= 0.6 is 7.82 Å². The van der Waals surface area contributed by atoms with E-state index in [4.69, 9.17) is 9.05 Å². The fourth-order valence-electron chi connectivity index (χ4n) is 6.84. The van der Waals surface area contributed by atoms with E-state index in [1.165, 1.54) is 116 Å². The van der Waals surface area contributed by atoms with Gasteiger partial charge >= 0.3 is 0 Å². The zero-order valence-corrected chi connectivity index (χ0v) is 41.7. The maximum Gasteiger partial charge on any atom is 0.268 e. The minimum atomic E-state index is -4.61. The molecule has 1 amide bonds. The molecule has 3 atom stereocenters. The van der Waals surface area contributed by atoms with Crippen LogP contribution in [0.2, 0.25) is 0 Å². The van der Waals surface area contributed by atoms with Crippen molar-refractivity contribution in [3.05, 3.63) is 72.9 Å². The van der Waals surface area contributed by atoms with Crippen molar-refractivity contribution in [1.29, 1.82) is 0 Å². The highest BCUT2D eigenvalue weighted by Gasteiger charge is 2.23. The molecule has 8 nitrogen and oxygen atoms in total. The summed E-state index contributed by atoms with van der Waals surface area (Å²) < 4.78 is 23.2. The molecule has 0 spiro atoms. The summed E-state index contributed by atoms with van der Waals surface area (Å²) in [6.07, 6.45) is 59.5. The SMILES string of the molecule is CCCCCCC/C=C\C/C=C\C/C=C\CCCCCCCCCCC(=O)NC(COP(=O)([O-])OCC[N+](C)(C)C)C(O)/C=C/CC/C=C/CC/C=C/CCCCCCCCC. The molecule has 9 heteroatoms. The number of quaternary nitrogens is 1. The minimum absolute atomic E-state index is 0.0137. The van der Waals surface area contributed by atoms with Gasteiger partial charge in [-0.3, -0.25) is 9.36 Å². The molecule has 0 saturated heterocycles. The first-order valence-corrected chi connectivity index (χ1v) is 26.8. The Morgan fingerprint density at radius 1 is 0.565 bits per heavy atom. The van der Waals surface area contributed by atoms with Gasteiger partial charge in [-0.05, 0) is 83.5 Å². The monoisotopic (exact) mass is 889 g/mol. The molecule has 3 unspecified atom stereocenters. The van der Waals surface area contributed by atoms with Crippen LogP contribution < -0.4 is 10.2 Å². The molecule has 0 rings (SSSR count). The Morgan fingerprint density at radius 2 is 0.952 bits per heavy atom. The van der Waals surface area contributed by atoms with Crippen LogP contribution in [0.25, 0.3) is 0 Å². The van der Waals surface area contributed by atoms with E-state index in [-0.39, 0.29) is 12.5 Å². The van der Waals surface area contributed by atoms with Gasteiger partial charge in [-0.25, -0.2) is 0 Å². The number of carbonyl (C=O) groups excluding carboxylic acids is 1. The molecule has 0 aromatic rings. The van der Waals surface area contributed by atoms with Gasteiger partial charge < -0.3 is 28.8 Å². The second kappa shape index (κ2) is 44.2. The fourth-order valence-corrected chi connectivity index (χ4v) is 7.56. The minimum Gasteiger partial charge on any atom is -0.756 e. The van der Waals surface area contributed by atoms with Crippen LogP contribution in [0.3, 0.4) is 0 Å². The first-order valence-electron chi connectivity index (χ1n) is 25.3. The number of amides is 1. The van der Waals surface area contributed by atoms with Crippen molar-refractivity contribution in [2.24, 2.45) is 0 Å². The second-order valence-corrected chi connectivity index (χ2v) is 19.6. The fraction of sp³-hybridized carbons (Fsp3) is 0.755. The Bertz CT molecular complexity index is 1240. The van der Waals surface area contributed by atoms with Crippen LogP contribution in [0.4, 0.5) is 0 Å². The number of phosphoric acid groups is 1. The standard InChI is InChI=1S/C53H97N2O6P/c1-6-8-10-12-14-16-18-20-22-24-25-26-27-28-29-31-33-35-37-39-41-43-45-47-53(57)54-51(50-61-62(58,59)60-49-48-55(3,4)5)52(56)46-44-42-40-38-36-34-32-30-23-21-19-17-15-13-11-9-7-2/h18,20,23-25,27-28,30,36,38,44,46,51-52,56H,6-17,19,21-22,26,29,31-35,37,39-43,45,47-50H2,1-5H3,(H-,54,57,58,59)/b20-18-,25-24-,28-27-,30-23+,38-36+,46-44+. The van der Waals surface area contributed by atoms with Gasteiger partial charge in [0.2, 0.25) is 5.91 Å². The number of rotatable bonds is 45. The Labute approximate surface area is 383 Å². The topological polar surface area (TPSA) is 108 Å². The van der Waals surface area contributed by atoms with E-state index in [2.05, 4.69) is 79.9 Å². The molecule has 0 fully saturated rings. The van der Waals surface area contributed by atoms with Crippen LogP contribution in [-0.4, -0.2) is 68.5 Å². The number of carbonyl (C=O) groups is 1. The molecule has 0 aliphatic heterocycles. The number of hydrogen-bond acceptors (Lipinski definition) is 6. The second-order valence-electron chi connectivity index (χ2n) is 18.1. The third kappa shape index (κ3) is 45.9. The number of unbranched alkanes of at least 4 members (excludes halogenated alkanes) is 22. The van der Waals surface area contributed by atoms with Gasteiger partial charge in [0.05, 0.1) is 39.9 Å². The van der Waals surface area contributed by atoms with E-state index in [0.29, 0.717) is 17.4 Å². The van der Waals surface area contributed by atoms with Crippen LogP contribution in [-0.2, 0) is 18.4 Å². The summed E-state index contributed by atoms with van der Waals surface area (Å²) in [4.78, 5) is 25.4. The maximum absolute atomic E-state index is 12.9. The average molecular weight is 889 g/mol. The number of aliphatic hydroxyl groups excluding tert-OH is 1. The number of phosphoric ester groups is 1. The van der Waals surface area contributed by atoms with Crippen molar-refractivity contribution in [2.75, 3.05) is 40.9 Å². The molecule has 62 heavy (non-hydrogen) atoms. The lowest BCUT2D eigenvalue weighted by atomic mass is 10.1. The van der Waals surface area contributed by atoms with Crippen LogP contribution in [0.15, 0.2) is 72.9 Å². The van der Waals surface area contributed by atoms with Gasteiger partial charge in [0.1, 0.15) is 13.2 Å². The Hall–Kier alpha value is -2.06. The number of aliphatic hydroxyl groups is 1. The summed E-state index contributed by atoms with van der Waals surface area (Å²) in [5, 5.41) is 13.8. The quantitative estimate of drug-likeness (QED) is 0.0273. The highest BCUT2D eigenvalue weighted by atomic mass is 31.2. The van der Waals surface area contributed by atoms with Gasteiger partial charge in [-0.15, -0.1) is 0 Å². The van der Waals surface area contributed by atoms with Crippen molar-refractivity contribution in [3.8, 4) is 0 Å². The highest BCUT2D eigenvalue weighted by Crippen LogP contribution is 2.38. The molecule has 0 aromatic heterocycles. The highest BCUT2D eigenvalue weighted by molar-refractivity contribution is 7.45. The Kier molecular flexibility index (Phi) is 42.7. The predicted molar refractivity (Wildman–Crippen MR) is 265 cm³/mol. The van der Waals surface area contributed by atoms with Gasteiger partial charge in [-0.1, -0.05) is 189 Å². The summed E-state index contributed by atoms with van der Waals surface area (Å²) in [5.41, 5.74) is 0. The van der Waals surface area contributed by atoms with Crippen molar-refractivity contribution in [1.82, 2.24) is 5.32 Å². The summed E-state index contributed by atoms with van der Waals surface area (Å²) in [6.45, 7) is 4.59. The molecule has 0 heterocycles. The summed E-state index contributed by atoms with van der Waals surface area (Å²) >= 11 is 0. The van der Waals surface area contributed by atoms with E-state index in [0.717, 1.165) is 70.6 Å². The van der Waals surface area contributed by atoms with E-state index in [1.54, 1.807) is 6.08 Å². The molecular formula is C53H97N2O6P. The van der Waals surface area contributed by atoms with Gasteiger partial charge in [0.15, 0.2) is 0 Å². The molecular weight excluding hydrogens is 792 g/mol. The summed E-state index contributed by atoms with van der Waals surface area (Å²) in [6, 6.07) is -0.917. The van der Waals surface area contributed by atoms with E-state index in [1.807, 2.05) is 27.2 Å². The zero-order valence-electron chi connectivity index (χ0n) is 40.8. The van der Waals surface area contributed by atoms with Crippen molar-refractivity contribution in [3.63, 3.8) is 0 Å². The smallest absolute Gasteiger partial charge is 0.268 e. The van der Waals surface area contributed by atoms with Gasteiger partial charge in [0, 0.05) is 6.42 Å². The lowest BCUT2D eigenvalue weighted by molar-refractivity contribution is -0.870. The Morgan fingerprint density at radius 3 is 1.42 bits per heavy atom. The van der Waals surface area contributed by atoms with Gasteiger partial charge in [-0.2, -0.15) is 0 Å². The van der Waals surface area contributed by atoms with E-state index >= 15 is 0 Å². The average Bonchev–Trinajstić information content (AvgIpc) is 3.23. The van der Waals surface area contributed by atoms with E-state index in [9.17, 15) is 19.4 Å². The number of likely N-dealkylation sites (N-methyl/N-ethyl adjacent to an activating group) is 1. The van der Waals surface area contributed by atoms with Crippen LogP contribution in [0.1, 0.15) is 206 Å². The van der Waals surface area contributed by atoms with E-state index < -0.39 is 26.6 Å². The molecule has 360 valence electrons. The number of nitrogens with zero attached hydrogens (tertiary/aromatic N) is 1. The first kappa shape index (κ1) is 59.9. The molecule has 0 aliphatic carbocycles. The van der Waals surface area contributed by atoms with Gasteiger partial charge in [0.25, 0.3) is 7.82 Å². The molecule has 0 aromatic carbocycles. The van der Waals surface area contributed by atoms with Crippen LogP contribution in [0.5, 0.6) is 0 Å². The largest absolute Gasteiger partial charge is 0.756 e. The van der Waals surface area contributed by atoms with Crippen molar-refractivity contribution in [2.45, 2.75) is 219 Å². The third-order valence-corrected chi connectivity index (χ3v) is 11.8. The Balaban J connectivity index is 4.40. The van der Waals surface area contributed by atoms with Crippen molar-refractivity contribution < 1.29 is 32.9 Å². The third-order valence-electron chi connectivity index (χ3n) is 10.9. The van der Waals surface area contributed by atoms with Crippen LogP contribution in [0, 0.1) is 0 Å². The maximum atomic E-state index is 12.9. The molecule has 2 N–H and O–H groups in total. The van der Waals surface area contributed by atoms with Crippen molar-refractivity contribution >= 4 is 13.7 Å². The number of hydrogen-bond donors (Lipinski definition) is 2. The molecule has 0 aliphatic rings. The molecule has 0 radical (unpaired) electrons. The summed E-state index contributed by atoms with van der Waals surface area (Å²) in [7, 11) is 1.22.